The molecule has 12 atom stereocenters. The van der Waals surface area contributed by atoms with Crippen LogP contribution in [0.3, 0.4) is 0 Å². The number of hydrogen-bond acceptors (Lipinski definition) is 12. The van der Waals surface area contributed by atoms with Crippen molar-refractivity contribution in [2.45, 2.75) is 182 Å². The van der Waals surface area contributed by atoms with Gasteiger partial charge in [-0.1, -0.05) is 130 Å². The Morgan fingerprint density at radius 2 is 1.36 bits per heavy atom. The quantitative estimate of drug-likeness (QED) is 0.0467. The van der Waals surface area contributed by atoms with Crippen molar-refractivity contribution in [2.24, 2.45) is 41.2 Å². The molecule has 7 N–H and O–H groups in total. The van der Waals surface area contributed by atoms with Gasteiger partial charge in [0.05, 0.1) is 54.8 Å². The number of nitrogens with one attached hydrogen (secondary N) is 4. The molecular formula is C60H96N8O12. The predicted octanol–water partition coefficient (Wildman–Crippen LogP) is 5.92. The summed E-state index contributed by atoms with van der Waals surface area (Å²) >= 11 is 0. The number of likely N-dealkylation sites (N-methyl/N-ethyl adjacent to an activating group) is 2. The third-order valence-corrected chi connectivity index (χ3v) is 15.9. The summed E-state index contributed by atoms with van der Waals surface area (Å²) < 4.78 is 17.7. The number of aliphatic hydroxyl groups excluding tert-OH is 1. The third kappa shape index (κ3) is 19.6. The number of carbonyl (C=O) groups is 8. The Labute approximate surface area is 475 Å². The van der Waals surface area contributed by atoms with Crippen LogP contribution in [0.2, 0.25) is 0 Å². The van der Waals surface area contributed by atoms with Crippen molar-refractivity contribution in [2.75, 3.05) is 41.4 Å². The smallest absolute Gasteiger partial charge is 0.410 e. The molecule has 8 amide bonds. The van der Waals surface area contributed by atoms with E-state index in [2.05, 4.69) is 21.3 Å². The first kappa shape index (κ1) is 68.2. The van der Waals surface area contributed by atoms with Crippen molar-refractivity contribution in [3.63, 3.8) is 0 Å². The van der Waals surface area contributed by atoms with Gasteiger partial charge in [-0.15, -0.1) is 0 Å². The Hall–Kier alpha value is -6.12. The minimum Gasteiger partial charge on any atom is -0.445 e. The Morgan fingerprint density at radius 3 is 1.91 bits per heavy atom. The van der Waals surface area contributed by atoms with Crippen LogP contribution in [-0.4, -0.2) is 157 Å². The number of nitrogens with two attached hydrogens (primary N) is 1. The second-order valence-corrected chi connectivity index (χ2v) is 22.8. The summed E-state index contributed by atoms with van der Waals surface area (Å²) in [7, 11) is 6.16. The van der Waals surface area contributed by atoms with E-state index < -0.39 is 90.3 Å². The highest BCUT2D eigenvalue weighted by atomic mass is 16.6. The zero-order chi connectivity index (χ0) is 60.1. The van der Waals surface area contributed by atoms with E-state index in [4.69, 9.17) is 19.9 Å². The first-order valence-electron chi connectivity index (χ1n) is 28.5. The van der Waals surface area contributed by atoms with E-state index in [1.54, 1.807) is 87.9 Å². The highest BCUT2D eigenvalue weighted by Gasteiger charge is 2.44. The van der Waals surface area contributed by atoms with Gasteiger partial charge in [-0.2, -0.15) is 0 Å². The molecule has 1 aliphatic rings. The molecule has 0 aromatic heterocycles. The molecule has 0 aliphatic carbocycles. The fourth-order valence-corrected chi connectivity index (χ4v) is 10.5. The van der Waals surface area contributed by atoms with Gasteiger partial charge in [0.2, 0.25) is 29.5 Å². The highest BCUT2D eigenvalue weighted by molar-refractivity contribution is 5.92. The van der Waals surface area contributed by atoms with Crippen molar-refractivity contribution in [3.05, 3.63) is 71.3 Å². The second kappa shape index (κ2) is 33.0. The molecular weight excluding hydrogens is 1020 g/mol. The zero-order valence-corrected chi connectivity index (χ0v) is 50.3. The maximum atomic E-state index is 14.7. The maximum absolute atomic E-state index is 14.7. The molecule has 448 valence electrons. The summed E-state index contributed by atoms with van der Waals surface area (Å²) in [6.45, 7) is 20.9. The molecule has 2 aromatic carbocycles. The molecule has 1 fully saturated rings. The van der Waals surface area contributed by atoms with E-state index in [-0.39, 0.29) is 73.2 Å². The average molecular weight is 1120 g/mol. The Kier molecular flexibility index (Phi) is 28.1. The number of rotatable bonds is 32. The van der Waals surface area contributed by atoms with Crippen LogP contribution in [0.25, 0.3) is 0 Å². The van der Waals surface area contributed by atoms with Gasteiger partial charge in [-0.25, -0.2) is 9.59 Å². The van der Waals surface area contributed by atoms with Crippen molar-refractivity contribution >= 4 is 47.4 Å². The molecule has 20 heteroatoms. The van der Waals surface area contributed by atoms with Crippen molar-refractivity contribution in [1.29, 1.82) is 0 Å². The molecule has 0 saturated carbocycles. The van der Waals surface area contributed by atoms with Crippen LogP contribution in [0, 0.1) is 35.5 Å². The summed E-state index contributed by atoms with van der Waals surface area (Å²) in [5.41, 5.74) is 7.18. The Bertz CT molecular complexity index is 2320. The standard InChI is InChI=1S/C60H96N8O12/c1-16-38(8)52(48(78-14)33-49(70)68-31-21-25-46(68)54(79-15)40(10)56(73)63-41(11)53(71)44-22-18-17-19-23-44)66(12)58(75)50(36(4)5)65-57(74)51(37(6)7)67(13)60(77)80-34-43-28-26-42(27-29-43)32-47(69)45(24-20-30-62-59(61)76)64-55(72)39(9)35(2)3/h17-19,22-23,26-29,35-41,45-46,48,50-54,71H,16,20-21,24-25,30-34H2,1-15H3,(H,63,73)(H,64,72)(H,65,74)(H3,61,62,76)/t38-,39-,40+,41+,45-,46-,48+,50+,51-,52?,53+,54+/m1/s1. The van der Waals surface area contributed by atoms with Crippen LogP contribution in [0.1, 0.15) is 137 Å². The van der Waals surface area contributed by atoms with Gasteiger partial charge in [0.15, 0.2) is 5.78 Å². The lowest BCUT2D eigenvalue weighted by atomic mass is 9.89. The van der Waals surface area contributed by atoms with Gasteiger partial charge >= 0.3 is 12.1 Å². The minimum atomic E-state index is -1.03. The summed E-state index contributed by atoms with van der Waals surface area (Å²) in [5.74, 6) is -3.75. The van der Waals surface area contributed by atoms with E-state index in [9.17, 15) is 43.5 Å². The highest BCUT2D eigenvalue weighted by Crippen LogP contribution is 2.30. The van der Waals surface area contributed by atoms with Crippen molar-refractivity contribution in [3.8, 4) is 0 Å². The lowest BCUT2D eigenvalue weighted by Gasteiger charge is -2.41. The van der Waals surface area contributed by atoms with Crippen LogP contribution in [0.15, 0.2) is 54.6 Å². The number of amides is 8. The average Bonchev–Trinajstić information content (AvgIpc) is 3.91. The molecule has 2 aromatic rings. The third-order valence-electron chi connectivity index (χ3n) is 15.9. The van der Waals surface area contributed by atoms with E-state index in [1.807, 2.05) is 59.7 Å². The van der Waals surface area contributed by atoms with Crippen molar-refractivity contribution < 1.29 is 57.7 Å². The predicted molar refractivity (Wildman–Crippen MR) is 306 cm³/mol. The molecule has 0 spiro atoms. The van der Waals surface area contributed by atoms with Gasteiger partial charge in [0, 0.05) is 53.7 Å². The number of primary amides is 1. The lowest BCUT2D eigenvalue weighted by molar-refractivity contribution is -0.148. The summed E-state index contributed by atoms with van der Waals surface area (Å²) in [6.07, 6.45) is -0.444. The van der Waals surface area contributed by atoms with Crippen LogP contribution in [0.5, 0.6) is 0 Å². The summed E-state index contributed by atoms with van der Waals surface area (Å²) in [6, 6.07) is 10.9. The van der Waals surface area contributed by atoms with Crippen LogP contribution in [0.4, 0.5) is 9.59 Å². The fraction of sp³-hybridized carbons (Fsp3) is 0.667. The molecule has 1 unspecified atom stereocenters. The van der Waals surface area contributed by atoms with Crippen LogP contribution < -0.4 is 27.0 Å². The largest absolute Gasteiger partial charge is 0.445 e. The van der Waals surface area contributed by atoms with E-state index >= 15 is 0 Å². The molecule has 1 heterocycles. The number of urea groups is 1. The second-order valence-electron chi connectivity index (χ2n) is 22.8. The molecule has 1 saturated heterocycles. The summed E-state index contributed by atoms with van der Waals surface area (Å²) in [4.78, 5) is 113. The molecule has 3 rings (SSSR count). The number of ether oxygens (including phenoxy) is 3. The number of methoxy groups -OCH3 is 2. The van der Waals surface area contributed by atoms with Gasteiger partial charge < -0.3 is 56.1 Å². The molecule has 0 radical (unpaired) electrons. The van der Waals surface area contributed by atoms with Gasteiger partial charge in [0.1, 0.15) is 18.7 Å². The number of carbonyl (C=O) groups excluding carboxylic acids is 8. The number of nitrogens with zero attached hydrogens (tertiary/aromatic N) is 3. The van der Waals surface area contributed by atoms with E-state index in [0.717, 1.165) is 0 Å². The molecule has 0 bridgehead atoms. The number of ketones is 1. The first-order valence-corrected chi connectivity index (χ1v) is 28.5. The Balaban J connectivity index is 1.70. The monoisotopic (exact) mass is 1120 g/mol. The zero-order valence-electron chi connectivity index (χ0n) is 50.3. The number of Topliss-reactive ketones (excluding diaryl/α,β-unsaturated/α-hetero) is 1. The normalized spacial score (nSPS) is 17.6. The van der Waals surface area contributed by atoms with Crippen molar-refractivity contribution in [1.82, 2.24) is 36.0 Å². The topological polar surface area (TPSA) is 268 Å². The number of aliphatic hydroxyl groups is 1. The lowest BCUT2D eigenvalue weighted by Crippen LogP contribution is -2.60. The van der Waals surface area contributed by atoms with E-state index in [0.29, 0.717) is 55.3 Å². The number of hydrogen-bond donors (Lipinski definition) is 6. The molecule has 80 heavy (non-hydrogen) atoms. The van der Waals surface area contributed by atoms with E-state index in [1.165, 1.54) is 26.2 Å². The SMILES string of the molecule is CC[C@@H](C)C([C@H](CC(=O)N1CCC[C@@H]1[C@@H](OC)[C@H](C)C(=O)N[C@@H](C)[C@H](O)c1ccccc1)OC)N(C)C(=O)[C@@H](NC(=O)[C@@H](C(C)C)N(C)C(=O)OCc1ccc(CC(=O)[C@@H](CCCNC(N)=O)NC(=O)[C@H](C)C(C)C)cc1)C(C)C. The molecule has 1 aliphatic heterocycles. The maximum Gasteiger partial charge on any atom is 0.410 e. The Morgan fingerprint density at radius 1 is 0.750 bits per heavy atom. The summed E-state index contributed by atoms with van der Waals surface area (Å²) in [5, 5.41) is 22.2. The van der Waals surface area contributed by atoms with Gasteiger partial charge in [0.25, 0.3) is 0 Å². The van der Waals surface area contributed by atoms with Crippen LogP contribution >= 0.6 is 0 Å². The number of likely N-dealkylation sites (tertiary alicyclic amines) is 1. The molecule has 20 nitrogen and oxygen atoms in total. The fourth-order valence-electron chi connectivity index (χ4n) is 10.5. The first-order chi connectivity index (χ1) is 37.7. The van der Waals surface area contributed by atoms with Gasteiger partial charge in [-0.05, 0) is 73.0 Å². The van der Waals surface area contributed by atoms with Crippen LogP contribution in [-0.2, 0) is 56.0 Å². The van der Waals surface area contributed by atoms with Gasteiger partial charge in [-0.3, -0.25) is 33.7 Å². The number of benzene rings is 2. The minimum absolute atomic E-state index is 0.0290.